The molecule has 0 saturated carbocycles. The van der Waals surface area contributed by atoms with Crippen molar-refractivity contribution in [3.05, 3.63) is 52.0 Å². The number of hydrogen-bond donors (Lipinski definition) is 1. The van der Waals surface area contributed by atoms with Gasteiger partial charge in [0.05, 0.1) is 12.1 Å². The highest BCUT2D eigenvalue weighted by molar-refractivity contribution is 6.32. The molecule has 1 N–H and O–H groups in total. The molecule has 0 radical (unpaired) electrons. The lowest BCUT2D eigenvalue weighted by Crippen LogP contribution is -2.03. The highest BCUT2D eigenvalue weighted by Crippen LogP contribution is 2.42. The summed E-state index contributed by atoms with van der Waals surface area (Å²) in [6.45, 7) is 2.10. The first kappa shape index (κ1) is 14.0. The van der Waals surface area contributed by atoms with E-state index in [1.54, 1.807) is 19.2 Å². The molecule has 5 heteroatoms. The second kappa shape index (κ2) is 5.47. The fourth-order valence-electron chi connectivity index (χ4n) is 2.39. The number of hydrogen-bond acceptors (Lipinski definition) is 4. The lowest BCUT2D eigenvalue weighted by atomic mass is 9.98. The van der Waals surface area contributed by atoms with E-state index >= 15 is 0 Å². The first-order valence-corrected chi connectivity index (χ1v) is 6.89. The summed E-state index contributed by atoms with van der Waals surface area (Å²) in [5.74, 6) is 1.69. The van der Waals surface area contributed by atoms with Crippen LogP contribution in [0.15, 0.2) is 30.3 Å². The van der Waals surface area contributed by atoms with Gasteiger partial charge < -0.3 is 19.3 Å². The maximum Gasteiger partial charge on any atom is 0.231 e. The Balaban J connectivity index is 2.05. The van der Waals surface area contributed by atoms with Crippen molar-refractivity contribution in [3.63, 3.8) is 0 Å². The zero-order valence-corrected chi connectivity index (χ0v) is 12.5. The summed E-state index contributed by atoms with van der Waals surface area (Å²) < 4.78 is 15.9. The number of aliphatic hydroxyl groups is 1. The minimum absolute atomic E-state index is 0.141. The van der Waals surface area contributed by atoms with Crippen LogP contribution >= 0.6 is 11.6 Å². The fourth-order valence-corrected chi connectivity index (χ4v) is 2.67. The van der Waals surface area contributed by atoms with Crippen LogP contribution in [0.1, 0.15) is 22.8 Å². The zero-order valence-electron chi connectivity index (χ0n) is 11.7. The van der Waals surface area contributed by atoms with E-state index in [4.69, 9.17) is 25.8 Å². The van der Waals surface area contributed by atoms with Crippen molar-refractivity contribution in [3.8, 4) is 17.2 Å². The van der Waals surface area contributed by atoms with Gasteiger partial charge in [-0.3, -0.25) is 0 Å². The van der Waals surface area contributed by atoms with E-state index in [0.29, 0.717) is 33.4 Å². The van der Waals surface area contributed by atoms with E-state index in [1.165, 1.54) is 0 Å². The molecule has 21 heavy (non-hydrogen) atoms. The standard InChI is InChI=1S/C16H15ClO4/c1-9-3-4-13(19-2)11(5-9)15(18)10-6-12(17)16-14(7-10)20-8-21-16/h3-7,15,18H,8H2,1-2H3. The third-order valence-corrected chi connectivity index (χ3v) is 3.73. The minimum atomic E-state index is -0.855. The smallest absolute Gasteiger partial charge is 0.231 e. The zero-order chi connectivity index (χ0) is 15.0. The third kappa shape index (κ3) is 2.52. The summed E-state index contributed by atoms with van der Waals surface area (Å²) in [5.41, 5.74) is 2.36. The van der Waals surface area contributed by atoms with Crippen molar-refractivity contribution < 1.29 is 19.3 Å². The molecule has 3 rings (SSSR count). The lowest BCUT2D eigenvalue weighted by molar-refractivity contribution is 0.173. The summed E-state index contributed by atoms with van der Waals surface area (Å²) in [4.78, 5) is 0. The topological polar surface area (TPSA) is 47.9 Å². The molecule has 2 aromatic rings. The lowest BCUT2D eigenvalue weighted by Gasteiger charge is -2.16. The molecule has 0 aliphatic carbocycles. The molecule has 0 aromatic heterocycles. The van der Waals surface area contributed by atoms with Crippen molar-refractivity contribution >= 4 is 11.6 Å². The Morgan fingerprint density at radius 3 is 2.81 bits per heavy atom. The van der Waals surface area contributed by atoms with Crippen LogP contribution in [-0.2, 0) is 0 Å². The van der Waals surface area contributed by atoms with Gasteiger partial charge >= 0.3 is 0 Å². The summed E-state index contributed by atoms with van der Waals surface area (Å²) in [6, 6.07) is 9.08. The molecular weight excluding hydrogens is 292 g/mol. The number of aryl methyl sites for hydroxylation is 1. The van der Waals surface area contributed by atoms with Crippen molar-refractivity contribution in [2.75, 3.05) is 13.9 Å². The highest BCUT2D eigenvalue weighted by atomic mass is 35.5. The van der Waals surface area contributed by atoms with Gasteiger partial charge in [-0.2, -0.15) is 0 Å². The first-order valence-electron chi connectivity index (χ1n) is 6.52. The number of aliphatic hydroxyl groups excluding tert-OH is 1. The number of fused-ring (bicyclic) bond motifs is 1. The van der Waals surface area contributed by atoms with Crippen LogP contribution < -0.4 is 14.2 Å². The van der Waals surface area contributed by atoms with Crippen molar-refractivity contribution in [2.45, 2.75) is 13.0 Å². The number of rotatable bonds is 3. The van der Waals surface area contributed by atoms with Crippen LogP contribution in [0.5, 0.6) is 17.2 Å². The van der Waals surface area contributed by atoms with Crippen molar-refractivity contribution in [2.24, 2.45) is 0 Å². The Kier molecular flexibility index (Phi) is 3.66. The highest BCUT2D eigenvalue weighted by Gasteiger charge is 2.23. The molecule has 1 aliphatic rings. The second-order valence-electron chi connectivity index (χ2n) is 4.88. The van der Waals surface area contributed by atoms with E-state index in [1.807, 2.05) is 25.1 Å². The number of methoxy groups -OCH3 is 1. The Labute approximate surface area is 127 Å². The molecule has 0 saturated heterocycles. The minimum Gasteiger partial charge on any atom is -0.496 e. The Morgan fingerprint density at radius 1 is 1.24 bits per heavy atom. The monoisotopic (exact) mass is 306 g/mol. The molecule has 2 aromatic carbocycles. The van der Waals surface area contributed by atoms with Gasteiger partial charge in [0.1, 0.15) is 11.9 Å². The maximum atomic E-state index is 10.6. The van der Waals surface area contributed by atoms with E-state index in [0.717, 1.165) is 5.56 Å². The van der Waals surface area contributed by atoms with Gasteiger partial charge in [-0.15, -0.1) is 0 Å². The average Bonchev–Trinajstić information content (AvgIpc) is 2.95. The maximum absolute atomic E-state index is 10.6. The van der Waals surface area contributed by atoms with Crippen LogP contribution in [0.25, 0.3) is 0 Å². The first-order chi connectivity index (χ1) is 10.1. The van der Waals surface area contributed by atoms with Gasteiger partial charge in [0.2, 0.25) is 6.79 Å². The second-order valence-corrected chi connectivity index (χ2v) is 5.29. The molecule has 0 fully saturated rings. The van der Waals surface area contributed by atoms with Gasteiger partial charge in [-0.1, -0.05) is 23.2 Å². The van der Waals surface area contributed by atoms with Gasteiger partial charge in [-0.05, 0) is 36.8 Å². The molecule has 1 atom stereocenters. The van der Waals surface area contributed by atoms with E-state index in [9.17, 15) is 5.11 Å². The normalized spacial score (nSPS) is 14.1. The summed E-state index contributed by atoms with van der Waals surface area (Å²) >= 11 is 6.16. The van der Waals surface area contributed by atoms with Crippen LogP contribution in [0, 0.1) is 6.92 Å². The molecule has 1 unspecified atom stereocenters. The summed E-state index contributed by atoms with van der Waals surface area (Å²) in [6.07, 6.45) is -0.855. The molecule has 1 aliphatic heterocycles. The molecule has 0 amide bonds. The number of ether oxygens (including phenoxy) is 3. The molecule has 110 valence electrons. The number of halogens is 1. The Bertz CT molecular complexity index is 684. The SMILES string of the molecule is COc1ccc(C)cc1C(O)c1cc(Cl)c2c(c1)OCO2. The quantitative estimate of drug-likeness (QED) is 0.943. The Hall–Kier alpha value is -1.91. The molecule has 0 bridgehead atoms. The molecule has 4 nitrogen and oxygen atoms in total. The van der Waals surface area contributed by atoms with Crippen LogP contribution in [0.4, 0.5) is 0 Å². The Morgan fingerprint density at radius 2 is 2.05 bits per heavy atom. The molecule has 1 heterocycles. The largest absolute Gasteiger partial charge is 0.496 e. The molecule has 0 spiro atoms. The van der Waals surface area contributed by atoms with Crippen molar-refractivity contribution in [1.29, 1.82) is 0 Å². The van der Waals surface area contributed by atoms with Crippen LogP contribution in [0.3, 0.4) is 0 Å². The third-order valence-electron chi connectivity index (χ3n) is 3.45. The number of benzene rings is 2. The fraction of sp³-hybridized carbons (Fsp3) is 0.250. The van der Waals surface area contributed by atoms with Gasteiger partial charge in [0, 0.05) is 5.56 Å². The van der Waals surface area contributed by atoms with E-state index < -0.39 is 6.10 Å². The van der Waals surface area contributed by atoms with Gasteiger partial charge in [-0.25, -0.2) is 0 Å². The van der Waals surface area contributed by atoms with Crippen LogP contribution in [0.2, 0.25) is 5.02 Å². The van der Waals surface area contributed by atoms with E-state index in [-0.39, 0.29) is 6.79 Å². The summed E-state index contributed by atoms with van der Waals surface area (Å²) in [7, 11) is 1.58. The van der Waals surface area contributed by atoms with Crippen molar-refractivity contribution in [1.82, 2.24) is 0 Å². The van der Waals surface area contributed by atoms with Gasteiger partial charge in [0.25, 0.3) is 0 Å². The van der Waals surface area contributed by atoms with E-state index in [2.05, 4.69) is 0 Å². The predicted octanol–water partition coefficient (Wildman–Crippen LogP) is 3.47. The van der Waals surface area contributed by atoms with Crippen LogP contribution in [-0.4, -0.2) is 19.0 Å². The predicted molar refractivity (Wildman–Crippen MR) is 79.4 cm³/mol. The van der Waals surface area contributed by atoms with Gasteiger partial charge in [0.15, 0.2) is 11.5 Å². The summed E-state index contributed by atoms with van der Waals surface area (Å²) in [5, 5.41) is 11.1. The average molecular weight is 307 g/mol. The molecular formula is C16H15ClO4.